The minimum absolute atomic E-state index is 0.0167. The van der Waals surface area contributed by atoms with Crippen LogP contribution in [-0.2, 0) is 16.9 Å². The van der Waals surface area contributed by atoms with Gasteiger partial charge in [0.1, 0.15) is 11.4 Å². The van der Waals surface area contributed by atoms with Gasteiger partial charge in [-0.1, -0.05) is 18.2 Å². The molecule has 2 aliphatic rings. The average Bonchev–Trinajstić information content (AvgIpc) is 2.96. The van der Waals surface area contributed by atoms with Crippen molar-refractivity contribution in [2.45, 2.75) is 49.9 Å². The summed E-state index contributed by atoms with van der Waals surface area (Å²) in [6.07, 6.45) is 5.02. The zero-order chi connectivity index (χ0) is 19.6. The summed E-state index contributed by atoms with van der Waals surface area (Å²) >= 11 is 0. The second kappa shape index (κ2) is 7.89. The van der Waals surface area contributed by atoms with Crippen molar-refractivity contribution in [2.24, 2.45) is 0 Å². The van der Waals surface area contributed by atoms with Crippen LogP contribution in [0.5, 0.6) is 5.75 Å². The Bertz CT molecular complexity index is 813. The first-order valence-electron chi connectivity index (χ1n) is 9.87. The molecule has 2 N–H and O–H groups in total. The average molecular weight is 381 g/mol. The van der Waals surface area contributed by atoms with Crippen molar-refractivity contribution in [2.75, 3.05) is 13.7 Å². The van der Waals surface area contributed by atoms with Crippen LogP contribution in [-0.4, -0.2) is 46.6 Å². The van der Waals surface area contributed by atoms with Crippen LogP contribution in [0.4, 0.5) is 0 Å². The van der Waals surface area contributed by atoms with Crippen molar-refractivity contribution >= 4 is 5.91 Å². The molecule has 148 valence electrons. The summed E-state index contributed by atoms with van der Waals surface area (Å²) in [6.45, 7) is 0.856. The molecule has 1 amide bonds. The number of carbonyl (C=O) groups is 1. The largest absolute Gasteiger partial charge is 0.497 e. The van der Waals surface area contributed by atoms with Gasteiger partial charge in [-0.15, -0.1) is 0 Å². The fourth-order valence-electron chi connectivity index (χ4n) is 4.63. The van der Waals surface area contributed by atoms with Crippen LogP contribution in [0.1, 0.15) is 36.9 Å². The van der Waals surface area contributed by atoms with Crippen molar-refractivity contribution in [1.29, 1.82) is 0 Å². The van der Waals surface area contributed by atoms with Crippen LogP contribution in [0.15, 0.2) is 48.7 Å². The fraction of sp³-hybridized carbons (Fsp3) is 0.455. The number of benzene rings is 1. The topological polar surface area (TPSA) is 74.7 Å². The number of hydrogen-bond donors (Lipinski definition) is 2. The van der Waals surface area contributed by atoms with E-state index in [1.807, 2.05) is 42.5 Å². The lowest BCUT2D eigenvalue weighted by Crippen LogP contribution is -2.52. The molecule has 0 aliphatic carbocycles. The Labute approximate surface area is 165 Å². The van der Waals surface area contributed by atoms with Crippen LogP contribution in [0.3, 0.4) is 0 Å². The van der Waals surface area contributed by atoms with Gasteiger partial charge < -0.3 is 15.2 Å². The molecule has 2 aliphatic heterocycles. The number of nitrogens with one attached hydrogen (secondary N) is 1. The van der Waals surface area contributed by atoms with Gasteiger partial charge in [0.2, 0.25) is 5.91 Å². The monoisotopic (exact) mass is 381 g/mol. The van der Waals surface area contributed by atoms with Crippen molar-refractivity contribution in [1.82, 2.24) is 15.2 Å². The second-order valence-electron chi connectivity index (χ2n) is 7.84. The smallest absolute Gasteiger partial charge is 0.234 e. The maximum absolute atomic E-state index is 12.5. The zero-order valence-electron chi connectivity index (χ0n) is 16.2. The highest BCUT2D eigenvalue weighted by molar-refractivity contribution is 5.78. The summed E-state index contributed by atoms with van der Waals surface area (Å²) in [6, 6.07) is 13.8. The molecule has 0 saturated carbocycles. The molecule has 1 aromatic heterocycles. The van der Waals surface area contributed by atoms with E-state index in [4.69, 9.17) is 4.74 Å². The van der Waals surface area contributed by atoms with E-state index in [-0.39, 0.29) is 18.0 Å². The number of methoxy groups -OCH3 is 1. The molecule has 2 fully saturated rings. The molecule has 2 aromatic rings. The van der Waals surface area contributed by atoms with Gasteiger partial charge in [0, 0.05) is 24.8 Å². The Hall–Kier alpha value is -2.44. The molecular weight excluding hydrogens is 354 g/mol. The molecule has 2 saturated heterocycles. The highest BCUT2D eigenvalue weighted by atomic mass is 16.5. The van der Waals surface area contributed by atoms with Crippen molar-refractivity contribution < 1.29 is 14.6 Å². The summed E-state index contributed by atoms with van der Waals surface area (Å²) in [5, 5.41) is 14.2. The van der Waals surface area contributed by atoms with Gasteiger partial charge in [0.25, 0.3) is 0 Å². The Balaban J connectivity index is 1.35. The van der Waals surface area contributed by atoms with Crippen molar-refractivity contribution in [3.63, 3.8) is 0 Å². The van der Waals surface area contributed by atoms with Crippen LogP contribution >= 0.6 is 0 Å². The number of amides is 1. The number of aromatic nitrogens is 1. The maximum Gasteiger partial charge on any atom is 0.234 e. The van der Waals surface area contributed by atoms with E-state index in [0.29, 0.717) is 25.9 Å². The first-order valence-corrected chi connectivity index (χ1v) is 9.87. The van der Waals surface area contributed by atoms with E-state index < -0.39 is 5.60 Å². The van der Waals surface area contributed by atoms with Crippen LogP contribution in [0.25, 0.3) is 0 Å². The minimum atomic E-state index is -0.888. The summed E-state index contributed by atoms with van der Waals surface area (Å²) < 4.78 is 5.23. The molecular formula is C22H27N3O3. The van der Waals surface area contributed by atoms with Crippen molar-refractivity contribution in [3.05, 3.63) is 59.9 Å². The predicted molar refractivity (Wildman–Crippen MR) is 106 cm³/mol. The molecule has 1 aromatic carbocycles. The number of hydrogen-bond acceptors (Lipinski definition) is 5. The third-order valence-corrected chi connectivity index (χ3v) is 6.01. The van der Waals surface area contributed by atoms with Gasteiger partial charge in [-0.25, -0.2) is 0 Å². The number of carbonyl (C=O) groups excluding carboxylic acids is 1. The number of rotatable bonds is 6. The minimum Gasteiger partial charge on any atom is -0.497 e. The van der Waals surface area contributed by atoms with E-state index in [1.54, 1.807) is 13.3 Å². The normalized spacial score (nSPS) is 26.8. The lowest BCUT2D eigenvalue weighted by Gasteiger charge is -2.43. The van der Waals surface area contributed by atoms with Crippen LogP contribution in [0.2, 0.25) is 0 Å². The molecule has 28 heavy (non-hydrogen) atoms. The molecule has 6 nitrogen and oxygen atoms in total. The predicted octanol–water partition coefficient (Wildman–Crippen LogP) is 2.22. The second-order valence-corrected chi connectivity index (χ2v) is 7.84. The molecule has 3 heterocycles. The highest BCUT2D eigenvalue weighted by Gasteiger charge is 2.49. The fourth-order valence-corrected chi connectivity index (χ4v) is 4.63. The third-order valence-electron chi connectivity index (χ3n) is 6.01. The first-order chi connectivity index (χ1) is 13.6. The Morgan fingerprint density at radius 1 is 1.25 bits per heavy atom. The van der Waals surface area contributed by atoms with Gasteiger partial charge in [-0.3, -0.25) is 14.7 Å². The van der Waals surface area contributed by atoms with Gasteiger partial charge in [0.15, 0.2) is 0 Å². The molecule has 3 atom stereocenters. The molecule has 1 unspecified atom stereocenters. The molecule has 2 bridgehead atoms. The highest BCUT2D eigenvalue weighted by Crippen LogP contribution is 2.44. The Morgan fingerprint density at radius 3 is 2.71 bits per heavy atom. The Morgan fingerprint density at radius 2 is 2.04 bits per heavy atom. The van der Waals surface area contributed by atoms with Crippen LogP contribution < -0.4 is 10.1 Å². The standard InChI is InChI=1S/C22H27N3O3/c1-28-19-6-4-5-16(11-19)14-24-21(26)15-25-17-8-9-18(25)13-22(27,12-17)20-7-2-3-10-23-20/h2-7,10-11,17-18,27H,8-9,12-15H2,1H3,(H,24,26)/t17-,18+,22?. The summed E-state index contributed by atoms with van der Waals surface area (Å²) in [5.41, 5.74) is 0.869. The number of ether oxygens (including phenoxy) is 1. The summed E-state index contributed by atoms with van der Waals surface area (Å²) in [7, 11) is 1.63. The number of aliphatic hydroxyl groups is 1. The molecule has 0 radical (unpaired) electrons. The van der Waals surface area contributed by atoms with Gasteiger partial charge in [-0.2, -0.15) is 0 Å². The zero-order valence-corrected chi connectivity index (χ0v) is 16.2. The van der Waals surface area contributed by atoms with E-state index >= 15 is 0 Å². The molecule has 6 heteroatoms. The first kappa shape index (κ1) is 18.9. The van der Waals surface area contributed by atoms with Gasteiger partial charge in [-0.05, 0) is 55.5 Å². The number of piperidine rings is 1. The number of fused-ring (bicyclic) bond motifs is 2. The van der Waals surface area contributed by atoms with E-state index in [9.17, 15) is 9.90 Å². The van der Waals surface area contributed by atoms with E-state index in [2.05, 4.69) is 15.2 Å². The quantitative estimate of drug-likeness (QED) is 0.803. The maximum atomic E-state index is 12.5. The number of pyridine rings is 1. The molecule has 0 spiro atoms. The van der Waals surface area contributed by atoms with Gasteiger partial charge in [0.05, 0.1) is 19.3 Å². The van der Waals surface area contributed by atoms with E-state index in [0.717, 1.165) is 29.8 Å². The lowest BCUT2D eigenvalue weighted by molar-refractivity contribution is -0.126. The SMILES string of the molecule is COc1cccc(CNC(=O)CN2[C@@H]3CC[C@H]2CC(O)(c2ccccn2)C3)c1. The summed E-state index contributed by atoms with van der Waals surface area (Å²) in [5.74, 6) is 0.803. The molecule has 4 rings (SSSR count). The van der Waals surface area contributed by atoms with Crippen molar-refractivity contribution in [3.8, 4) is 5.75 Å². The van der Waals surface area contributed by atoms with E-state index in [1.165, 1.54) is 0 Å². The van der Waals surface area contributed by atoms with Gasteiger partial charge >= 0.3 is 0 Å². The lowest BCUT2D eigenvalue weighted by atomic mass is 9.83. The number of nitrogens with zero attached hydrogens (tertiary/aromatic N) is 2. The Kier molecular flexibility index (Phi) is 5.33. The summed E-state index contributed by atoms with van der Waals surface area (Å²) in [4.78, 5) is 19.2. The third kappa shape index (κ3) is 3.88. The van der Waals surface area contributed by atoms with Crippen LogP contribution in [0, 0.1) is 0 Å².